The molecule has 0 spiro atoms. The molecule has 0 aromatic carbocycles. The molecular formula is C8H16ClNO3. The Balaban J connectivity index is 0.00000144. The molecule has 0 aromatic heterocycles. The molecule has 0 bridgehead atoms. The first-order chi connectivity index (χ1) is 5.77. The number of carbonyl (C=O) groups excluding carboxylic acids is 1. The van der Waals surface area contributed by atoms with Crippen molar-refractivity contribution in [3.63, 3.8) is 0 Å². The third kappa shape index (κ3) is 3.50. The van der Waals surface area contributed by atoms with Crippen LogP contribution in [0.2, 0.25) is 0 Å². The van der Waals surface area contributed by atoms with Crippen molar-refractivity contribution in [1.82, 2.24) is 0 Å². The van der Waals surface area contributed by atoms with Crippen LogP contribution in [0, 0.1) is 0 Å². The SMILES string of the molecule is CCOC(=O)[C@@H]1CC[C@H](CN)O1.Cl. The molecule has 4 nitrogen and oxygen atoms in total. The van der Waals surface area contributed by atoms with Gasteiger partial charge in [0.1, 0.15) is 0 Å². The molecule has 0 unspecified atom stereocenters. The predicted molar refractivity (Wildman–Crippen MR) is 50.8 cm³/mol. The number of halogens is 1. The van der Waals surface area contributed by atoms with Crippen molar-refractivity contribution < 1.29 is 14.3 Å². The van der Waals surface area contributed by atoms with E-state index in [1.165, 1.54) is 0 Å². The van der Waals surface area contributed by atoms with E-state index in [0.29, 0.717) is 13.2 Å². The number of nitrogens with two attached hydrogens (primary N) is 1. The summed E-state index contributed by atoms with van der Waals surface area (Å²) in [6, 6.07) is 0. The van der Waals surface area contributed by atoms with Crippen molar-refractivity contribution in [2.24, 2.45) is 5.73 Å². The van der Waals surface area contributed by atoms with Gasteiger partial charge in [-0.1, -0.05) is 0 Å². The van der Waals surface area contributed by atoms with E-state index in [1.54, 1.807) is 6.92 Å². The first-order valence-electron chi connectivity index (χ1n) is 4.30. The van der Waals surface area contributed by atoms with E-state index in [4.69, 9.17) is 15.2 Å². The average molecular weight is 210 g/mol. The fourth-order valence-corrected chi connectivity index (χ4v) is 1.29. The molecule has 1 fully saturated rings. The van der Waals surface area contributed by atoms with Gasteiger partial charge < -0.3 is 15.2 Å². The van der Waals surface area contributed by atoms with Crippen LogP contribution in [0.4, 0.5) is 0 Å². The summed E-state index contributed by atoms with van der Waals surface area (Å²) < 4.78 is 10.1. The van der Waals surface area contributed by atoms with Gasteiger partial charge in [-0.3, -0.25) is 0 Å². The van der Waals surface area contributed by atoms with Crippen molar-refractivity contribution in [3.8, 4) is 0 Å². The normalized spacial score (nSPS) is 26.6. The highest BCUT2D eigenvalue weighted by molar-refractivity contribution is 5.85. The first kappa shape index (κ1) is 12.7. The topological polar surface area (TPSA) is 61.5 Å². The van der Waals surface area contributed by atoms with Crippen LogP contribution in [0.25, 0.3) is 0 Å². The Kier molecular flexibility index (Phi) is 6.03. The molecular weight excluding hydrogens is 194 g/mol. The Morgan fingerprint density at radius 1 is 1.62 bits per heavy atom. The molecule has 0 amide bonds. The van der Waals surface area contributed by atoms with Gasteiger partial charge in [-0.05, 0) is 19.8 Å². The molecule has 1 saturated heterocycles. The fraction of sp³-hybridized carbons (Fsp3) is 0.875. The molecule has 1 aliphatic rings. The third-order valence-corrected chi connectivity index (χ3v) is 1.92. The summed E-state index contributed by atoms with van der Waals surface area (Å²) in [4.78, 5) is 11.1. The summed E-state index contributed by atoms with van der Waals surface area (Å²) in [6.07, 6.45) is 1.26. The van der Waals surface area contributed by atoms with E-state index < -0.39 is 0 Å². The predicted octanol–water partition coefficient (Wildman–Crippen LogP) is 0.478. The number of carbonyl (C=O) groups is 1. The standard InChI is InChI=1S/C8H15NO3.ClH/c1-2-11-8(10)7-4-3-6(5-9)12-7;/h6-7H,2-5,9H2,1H3;1H/t6-,7+;/m1./s1. The molecule has 2 atom stereocenters. The Bertz CT molecular complexity index is 165. The highest BCUT2D eigenvalue weighted by atomic mass is 35.5. The van der Waals surface area contributed by atoms with Crippen molar-refractivity contribution in [2.45, 2.75) is 32.0 Å². The van der Waals surface area contributed by atoms with Crippen LogP contribution in [-0.2, 0) is 14.3 Å². The van der Waals surface area contributed by atoms with E-state index in [9.17, 15) is 4.79 Å². The smallest absolute Gasteiger partial charge is 0.335 e. The fourth-order valence-electron chi connectivity index (χ4n) is 1.29. The summed E-state index contributed by atoms with van der Waals surface area (Å²) in [5.41, 5.74) is 5.39. The summed E-state index contributed by atoms with van der Waals surface area (Å²) in [7, 11) is 0. The minimum absolute atomic E-state index is 0. The monoisotopic (exact) mass is 209 g/mol. The van der Waals surface area contributed by atoms with Gasteiger partial charge in [-0.2, -0.15) is 0 Å². The van der Waals surface area contributed by atoms with Gasteiger partial charge in [0, 0.05) is 6.54 Å². The lowest BCUT2D eigenvalue weighted by atomic mass is 10.2. The molecule has 1 aliphatic heterocycles. The second kappa shape index (κ2) is 6.18. The van der Waals surface area contributed by atoms with Crippen molar-refractivity contribution in [2.75, 3.05) is 13.2 Å². The first-order valence-corrected chi connectivity index (χ1v) is 4.30. The molecule has 1 heterocycles. The molecule has 0 radical (unpaired) electrons. The minimum Gasteiger partial charge on any atom is -0.464 e. The second-order valence-corrected chi connectivity index (χ2v) is 2.81. The number of hydrogen-bond acceptors (Lipinski definition) is 4. The lowest BCUT2D eigenvalue weighted by Gasteiger charge is -2.10. The summed E-state index contributed by atoms with van der Waals surface area (Å²) >= 11 is 0. The Hall–Kier alpha value is -0.320. The molecule has 0 aromatic rings. The molecule has 13 heavy (non-hydrogen) atoms. The molecule has 5 heteroatoms. The molecule has 0 saturated carbocycles. The number of esters is 1. The zero-order valence-electron chi connectivity index (χ0n) is 7.69. The van der Waals surface area contributed by atoms with Gasteiger partial charge in [-0.15, -0.1) is 12.4 Å². The number of rotatable bonds is 3. The van der Waals surface area contributed by atoms with E-state index in [2.05, 4.69) is 0 Å². The third-order valence-electron chi connectivity index (χ3n) is 1.92. The van der Waals surface area contributed by atoms with Crippen LogP contribution in [0.3, 0.4) is 0 Å². The molecule has 2 N–H and O–H groups in total. The van der Waals surface area contributed by atoms with Gasteiger partial charge in [0.25, 0.3) is 0 Å². The van der Waals surface area contributed by atoms with Crippen molar-refractivity contribution >= 4 is 18.4 Å². The lowest BCUT2D eigenvalue weighted by molar-refractivity contribution is -0.155. The zero-order valence-corrected chi connectivity index (χ0v) is 8.51. The van der Waals surface area contributed by atoms with Gasteiger partial charge in [0.05, 0.1) is 12.7 Å². The minimum atomic E-state index is -0.376. The molecule has 0 aliphatic carbocycles. The van der Waals surface area contributed by atoms with Crippen LogP contribution >= 0.6 is 12.4 Å². The van der Waals surface area contributed by atoms with E-state index >= 15 is 0 Å². The maximum absolute atomic E-state index is 11.1. The van der Waals surface area contributed by atoms with Crippen LogP contribution < -0.4 is 5.73 Å². The van der Waals surface area contributed by atoms with Crippen LogP contribution in [0.15, 0.2) is 0 Å². The van der Waals surface area contributed by atoms with Crippen molar-refractivity contribution in [1.29, 1.82) is 0 Å². The summed E-state index contributed by atoms with van der Waals surface area (Å²) in [5.74, 6) is -0.256. The second-order valence-electron chi connectivity index (χ2n) is 2.81. The summed E-state index contributed by atoms with van der Waals surface area (Å²) in [5, 5.41) is 0. The van der Waals surface area contributed by atoms with Crippen molar-refractivity contribution in [3.05, 3.63) is 0 Å². The maximum Gasteiger partial charge on any atom is 0.335 e. The highest BCUT2D eigenvalue weighted by Gasteiger charge is 2.30. The Morgan fingerprint density at radius 3 is 2.77 bits per heavy atom. The Morgan fingerprint density at radius 2 is 2.31 bits per heavy atom. The highest BCUT2D eigenvalue weighted by Crippen LogP contribution is 2.19. The van der Waals surface area contributed by atoms with E-state index in [0.717, 1.165) is 12.8 Å². The van der Waals surface area contributed by atoms with Gasteiger partial charge in [0.15, 0.2) is 6.10 Å². The van der Waals surface area contributed by atoms with E-state index in [1.807, 2.05) is 0 Å². The van der Waals surface area contributed by atoms with Crippen LogP contribution in [-0.4, -0.2) is 31.3 Å². The van der Waals surface area contributed by atoms with E-state index in [-0.39, 0.29) is 30.6 Å². The molecule has 78 valence electrons. The maximum atomic E-state index is 11.1. The van der Waals surface area contributed by atoms with Crippen LogP contribution in [0.5, 0.6) is 0 Å². The quantitative estimate of drug-likeness (QED) is 0.687. The van der Waals surface area contributed by atoms with Gasteiger partial charge in [-0.25, -0.2) is 4.79 Å². The lowest BCUT2D eigenvalue weighted by Crippen LogP contribution is -2.26. The van der Waals surface area contributed by atoms with Crippen LogP contribution in [0.1, 0.15) is 19.8 Å². The number of ether oxygens (including phenoxy) is 2. The van der Waals surface area contributed by atoms with Gasteiger partial charge in [0.2, 0.25) is 0 Å². The zero-order chi connectivity index (χ0) is 8.97. The molecule has 1 rings (SSSR count). The number of hydrogen-bond donors (Lipinski definition) is 1. The Labute approximate surface area is 84.2 Å². The largest absolute Gasteiger partial charge is 0.464 e. The average Bonchev–Trinajstić information content (AvgIpc) is 2.52. The van der Waals surface area contributed by atoms with Gasteiger partial charge >= 0.3 is 5.97 Å². The summed E-state index contributed by atoms with van der Waals surface area (Å²) in [6.45, 7) is 2.68.